The van der Waals surface area contributed by atoms with E-state index in [4.69, 9.17) is 22.1 Å². The zero-order valence-corrected chi connectivity index (χ0v) is 12.6. The number of ether oxygens (including phenoxy) is 1. The van der Waals surface area contributed by atoms with Gasteiger partial charge < -0.3 is 15.8 Å². The highest BCUT2D eigenvalue weighted by molar-refractivity contribution is 6.30. The average Bonchev–Trinajstić information content (AvgIpc) is 2.47. The van der Waals surface area contributed by atoms with Crippen LogP contribution >= 0.6 is 11.6 Å². The molecule has 0 radical (unpaired) electrons. The second kappa shape index (κ2) is 6.95. The van der Waals surface area contributed by atoms with Gasteiger partial charge in [0, 0.05) is 16.4 Å². The fourth-order valence-corrected chi connectivity index (χ4v) is 1.90. The van der Waals surface area contributed by atoms with E-state index in [9.17, 15) is 9.59 Å². The van der Waals surface area contributed by atoms with Crippen LogP contribution in [0.5, 0.6) is 0 Å². The van der Waals surface area contributed by atoms with Crippen molar-refractivity contribution in [1.29, 1.82) is 0 Å². The molecule has 22 heavy (non-hydrogen) atoms. The van der Waals surface area contributed by atoms with Crippen LogP contribution in [-0.4, -0.2) is 18.0 Å². The molecule has 0 aliphatic rings. The van der Waals surface area contributed by atoms with Crippen LogP contribution in [0.25, 0.3) is 0 Å². The van der Waals surface area contributed by atoms with Crippen LogP contribution in [0.15, 0.2) is 48.5 Å². The summed E-state index contributed by atoms with van der Waals surface area (Å²) >= 11 is 5.84. The molecule has 5 nitrogen and oxygen atoms in total. The number of hydrogen-bond acceptors (Lipinski definition) is 4. The van der Waals surface area contributed by atoms with Crippen molar-refractivity contribution in [1.82, 2.24) is 0 Å². The van der Waals surface area contributed by atoms with Crippen molar-refractivity contribution in [3.63, 3.8) is 0 Å². The van der Waals surface area contributed by atoms with E-state index in [-0.39, 0.29) is 0 Å². The molecule has 1 amide bonds. The van der Waals surface area contributed by atoms with Gasteiger partial charge in [-0.2, -0.15) is 0 Å². The Bertz CT molecular complexity index is 686. The van der Waals surface area contributed by atoms with Gasteiger partial charge in [0.05, 0.1) is 5.56 Å². The predicted octanol–water partition coefficient (Wildman–Crippen LogP) is 3.11. The first-order valence-electron chi connectivity index (χ1n) is 6.58. The van der Waals surface area contributed by atoms with Crippen LogP contribution in [-0.2, 0) is 9.53 Å². The molecular weight excluding hydrogens is 304 g/mol. The van der Waals surface area contributed by atoms with Crippen molar-refractivity contribution in [2.75, 3.05) is 11.1 Å². The van der Waals surface area contributed by atoms with Crippen molar-refractivity contribution < 1.29 is 14.3 Å². The number of hydrogen-bond donors (Lipinski definition) is 2. The van der Waals surface area contributed by atoms with E-state index in [0.717, 1.165) is 0 Å². The molecule has 2 rings (SSSR count). The third-order valence-electron chi connectivity index (χ3n) is 2.89. The van der Waals surface area contributed by atoms with Crippen molar-refractivity contribution in [3.8, 4) is 0 Å². The van der Waals surface area contributed by atoms with Crippen LogP contribution in [0.1, 0.15) is 17.3 Å². The topological polar surface area (TPSA) is 81.4 Å². The first-order chi connectivity index (χ1) is 10.5. The van der Waals surface area contributed by atoms with Crippen molar-refractivity contribution >= 4 is 34.9 Å². The first kappa shape index (κ1) is 15.9. The number of nitrogen functional groups attached to an aromatic ring is 1. The fraction of sp³-hybridized carbons (Fsp3) is 0.125. The smallest absolute Gasteiger partial charge is 0.338 e. The standard InChI is InChI=1S/C16H15ClN2O3/c1-10(15(20)19-14-4-2-3-12(17)9-14)22-16(21)11-5-7-13(18)8-6-11/h2-10H,18H2,1H3,(H,19,20). The van der Waals surface area contributed by atoms with Gasteiger partial charge in [0.25, 0.3) is 5.91 Å². The Balaban J connectivity index is 1.96. The van der Waals surface area contributed by atoms with E-state index < -0.39 is 18.0 Å². The molecule has 1 unspecified atom stereocenters. The zero-order chi connectivity index (χ0) is 16.1. The molecule has 0 heterocycles. The van der Waals surface area contributed by atoms with Gasteiger partial charge in [-0.15, -0.1) is 0 Å². The van der Waals surface area contributed by atoms with Gasteiger partial charge in [-0.3, -0.25) is 4.79 Å². The van der Waals surface area contributed by atoms with E-state index in [0.29, 0.717) is 22.0 Å². The third kappa shape index (κ3) is 4.23. The summed E-state index contributed by atoms with van der Waals surface area (Å²) < 4.78 is 5.12. The number of esters is 1. The second-order valence-electron chi connectivity index (χ2n) is 4.67. The van der Waals surface area contributed by atoms with Gasteiger partial charge in [-0.25, -0.2) is 4.79 Å². The molecule has 0 aliphatic carbocycles. The number of halogens is 1. The number of carbonyl (C=O) groups is 2. The minimum absolute atomic E-state index is 0.330. The van der Waals surface area contributed by atoms with Gasteiger partial charge in [0.15, 0.2) is 6.10 Å². The van der Waals surface area contributed by atoms with Crippen LogP contribution < -0.4 is 11.1 Å². The van der Waals surface area contributed by atoms with E-state index in [1.807, 2.05) is 0 Å². The Hall–Kier alpha value is -2.53. The maximum atomic E-state index is 12.0. The summed E-state index contributed by atoms with van der Waals surface area (Å²) in [6, 6.07) is 13.0. The molecule has 6 heteroatoms. The number of anilines is 2. The van der Waals surface area contributed by atoms with E-state index in [2.05, 4.69) is 5.32 Å². The van der Waals surface area contributed by atoms with Crippen LogP contribution in [0, 0.1) is 0 Å². The summed E-state index contributed by atoms with van der Waals surface area (Å²) in [6.45, 7) is 1.50. The summed E-state index contributed by atoms with van der Waals surface area (Å²) in [5.41, 5.74) is 6.96. The molecule has 0 aliphatic heterocycles. The molecule has 0 aromatic heterocycles. The van der Waals surface area contributed by atoms with Gasteiger partial charge in [0.1, 0.15) is 0 Å². The second-order valence-corrected chi connectivity index (χ2v) is 5.11. The van der Waals surface area contributed by atoms with Gasteiger partial charge in [0.2, 0.25) is 0 Å². The number of carbonyl (C=O) groups excluding carboxylic acids is 2. The Morgan fingerprint density at radius 1 is 1.18 bits per heavy atom. The predicted molar refractivity (Wildman–Crippen MR) is 85.8 cm³/mol. The van der Waals surface area contributed by atoms with E-state index in [1.54, 1.807) is 48.5 Å². The van der Waals surface area contributed by atoms with Crippen LogP contribution in [0.2, 0.25) is 5.02 Å². The minimum Gasteiger partial charge on any atom is -0.449 e. The Morgan fingerprint density at radius 2 is 1.86 bits per heavy atom. The highest BCUT2D eigenvalue weighted by Crippen LogP contribution is 2.15. The first-order valence-corrected chi connectivity index (χ1v) is 6.96. The molecular formula is C16H15ClN2O3. The van der Waals surface area contributed by atoms with Crippen LogP contribution in [0.4, 0.5) is 11.4 Å². The van der Waals surface area contributed by atoms with Gasteiger partial charge in [-0.05, 0) is 49.4 Å². The number of benzene rings is 2. The Labute approximate surface area is 133 Å². The highest BCUT2D eigenvalue weighted by Gasteiger charge is 2.19. The quantitative estimate of drug-likeness (QED) is 0.670. The molecule has 0 saturated heterocycles. The SMILES string of the molecule is CC(OC(=O)c1ccc(N)cc1)C(=O)Nc1cccc(Cl)c1. The minimum atomic E-state index is -0.941. The van der Waals surface area contributed by atoms with Gasteiger partial charge in [-0.1, -0.05) is 17.7 Å². The van der Waals surface area contributed by atoms with Crippen molar-refractivity contribution in [3.05, 3.63) is 59.1 Å². The normalized spacial score (nSPS) is 11.5. The number of nitrogens with one attached hydrogen (secondary N) is 1. The van der Waals surface area contributed by atoms with E-state index in [1.165, 1.54) is 6.92 Å². The monoisotopic (exact) mass is 318 g/mol. The molecule has 0 fully saturated rings. The molecule has 2 aromatic carbocycles. The fourth-order valence-electron chi connectivity index (χ4n) is 1.71. The molecule has 0 spiro atoms. The largest absolute Gasteiger partial charge is 0.449 e. The number of rotatable bonds is 4. The average molecular weight is 319 g/mol. The van der Waals surface area contributed by atoms with Crippen molar-refractivity contribution in [2.45, 2.75) is 13.0 Å². The molecule has 2 aromatic rings. The summed E-state index contributed by atoms with van der Waals surface area (Å²) in [6.07, 6.45) is -0.941. The van der Waals surface area contributed by atoms with E-state index >= 15 is 0 Å². The lowest BCUT2D eigenvalue weighted by Crippen LogP contribution is -2.30. The number of nitrogens with two attached hydrogens (primary N) is 1. The zero-order valence-electron chi connectivity index (χ0n) is 11.9. The number of amides is 1. The molecule has 114 valence electrons. The summed E-state index contributed by atoms with van der Waals surface area (Å²) in [4.78, 5) is 23.9. The Kier molecular flexibility index (Phi) is 5.01. The lowest BCUT2D eigenvalue weighted by molar-refractivity contribution is -0.123. The van der Waals surface area contributed by atoms with Gasteiger partial charge >= 0.3 is 5.97 Å². The molecule has 0 saturated carbocycles. The third-order valence-corrected chi connectivity index (χ3v) is 3.13. The molecule has 3 N–H and O–H groups in total. The summed E-state index contributed by atoms with van der Waals surface area (Å²) in [5, 5.41) is 3.13. The summed E-state index contributed by atoms with van der Waals surface area (Å²) in [5.74, 6) is -1.03. The Morgan fingerprint density at radius 3 is 2.50 bits per heavy atom. The summed E-state index contributed by atoms with van der Waals surface area (Å²) in [7, 11) is 0. The molecule has 0 bridgehead atoms. The molecule has 1 atom stereocenters. The highest BCUT2D eigenvalue weighted by atomic mass is 35.5. The van der Waals surface area contributed by atoms with Crippen molar-refractivity contribution in [2.24, 2.45) is 0 Å². The lowest BCUT2D eigenvalue weighted by Gasteiger charge is -2.13. The van der Waals surface area contributed by atoms with Crippen LogP contribution in [0.3, 0.4) is 0 Å². The lowest BCUT2D eigenvalue weighted by atomic mass is 10.2. The maximum Gasteiger partial charge on any atom is 0.338 e. The maximum absolute atomic E-state index is 12.0.